The standard InChI is InChI=1S/C28H33N2O4.ClH/c1-22-15-17-30(18-16-22,19-23-7-11-26(12-8-23)29(32)33)20-27(31)21-34-28-13-9-25(10-14-28)24-5-3-2-4-6-24;/h2-14,22,27,31H,15-21H2,1H3;1H/q+1;/p-1. The number of aliphatic hydroxyl groups excluding tert-OH is 1. The van der Waals surface area contributed by atoms with Gasteiger partial charge in [-0.05, 0) is 54.2 Å². The van der Waals surface area contributed by atoms with Gasteiger partial charge in [-0.1, -0.05) is 49.4 Å². The van der Waals surface area contributed by atoms with Crippen LogP contribution in [0.4, 0.5) is 5.69 Å². The molecule has 0 aromatic heterocycles. The molecule has 3 aromatic rings. The smallest absolute Gasteiger partial charge is 0.269 e. The zero-order valence-corrected chi connectivity index (χ0v) is 20.8. The lowest BCUT2D eigenvalue weighted by molar-refractivity contribution is -0.948. The Kier molecular flexibility index (Phi) is 9.26. The first-order valence-corrected chi connectivity index (χ1v) is 12.0. The Morgan fingerprint density at radius 1 is 0.971 bits per heavy atom. The van der Waals surface area contributed by atoms with Crippen LogP contribution in [0.15, 0.2) is 78.9 Å². The fraction of sp³-hybridized carbons (Fsp3) is 0.357. The Labute approximate surface area is 213 Å². The molecule has 1 saturated heterocycles. The van der Waals surface area contributed by atoms with Gasteiger partial charge in [0.2, 0.25) is 0 Å². The van der Waals surface area contributed by atoms with E-state index in [4.69, 9.17) is 4.74 Å². The van der Waals surface area contributed by atoms with Crippen LogP contribution in [-0.4, -0.2) is 46.9 Å². The first-order chi connectivity index (χ1) is 16.4. The average Bonchev–Trinajstić information content (AvgIpc) is 2.86. The topological polar surface area (TPSA) is 72.6 Å². The van der Waals surface area contributed by atoms with Crippen molar-refractivity contribution in [3.8, 4) is 16.9 Å². The van der Waals surface area contributed by atoms with Gasteiger partial charge in [-0.25, -0.2) is 0 Å². The van der Waals surface area contributed by atoms with Gasteiger partial charge in [0.15, 0.2) is 0 Å². The number of nitro benzene ring substituents is 1. The molecular formula is C28H33ClN2O4. The van der Waals surface area contributed by atoms with Crippen molar-refractivity contribution in [2.45, 2.75) is 32.4 Å². The summed E-state index contributed by atoms with van der Waals surface area (Å²) in [6.45, 7) is 5.85. The van der Waals surface area contributed by atoms with E-state index in [0.29, 0.717) is 12.5 Å². The second-order valence-electron chi connectivity index (χ2n) is 9.59. The van der Waals surface area contributed by atoms with Crippen molar-refractivity contribution >= 4 is 5.69 Å². The quantitative estimate of drug-likeness (QED) is 0.280. The molecule has 3 aromatic carbocycles. The highest BCUT2D eigenvalue weighted by atomic mass is 35.5. The number of piperidine rings is 1. The number of nitro groups is 1. The predicted octanol–water partition coefficient (Wildman–Crippen LogP) is 2.45. The molecule has 6 nitrogen and oxygen atoms in total. The zero-order chi connectivity index (χ0) is 24.0. The molecule has 1 aliphatic rings. The second kappa shape index (κ2) is 12.2. The van der Waals surface area contributed by atoms with Crippen LogP contribution in [0.5, 0.6) is 5.75 Å². The fourth-order valence-electron chi connectivity index (χ4n) is 4.83. The number of likely N-dealkylation sites (tertiary alicyclic amines) is 1. The number of quaternary nitrogens is 1. The lowest BCUT2D eigenvalue weighted by Crippen LogP contribution is -3.00. The third-order valence-corrected chi connectivity index (χ3v) is 6.86. The normalized spacial score (nSPS) is 20.5. The number of hydrogen-bond acceptors (Lipinski definition) is 4. The number of non-ortho nitro benzene ring substituents is 1. The molecule has 186 valence electrons. The van der Waals surface area contributed by atoms with Crippen molar-refractivity contribution in [3.05, 3.63) is 94.5 Å². The molecule has 0 amide bonds. The van der Waals surface area contributed by atoms with E-state index >= 15 is 0 Å². The molecule has 0 aliphatic carbocycles. The summed E-state index contributed by atoms with van der Waals surface area (Å²) in [7, 11) is 0. The lowest BCUT2D eigenvalue weighted by Gasteiger charge is -2.44. The minimum atomic E-state index is -0.597. The molecule has 1 fully saturated rings. The molecule has 0 radical (unpaired) electrons. The summed E-state index contributed by atoms with van der Waals surface area (Å²) in [5, 5.41) is 21.9. The van der Waals surface area contributed by atoms with Gasteiger partial charge in [-0.3, -0.25) is 10.1 Å². The van der Waals surface area contributed by atoms with Crippen molar-refractivity contribution in [1.82, 2.24) is 0 Å². The van der Waals surface area contributed by atoms with E-state index in [1.54, 1.807) is 12.1 Å². The van der Waals surface area contributed by atoms with Crippen LogP contribution in [0, 0.1) is 16.0 Å². The van der Waals surface area contributed by atoms with E-state index in [2.05, 4.69) is 19.1 Å². The summed E-state index contributed by atoms with van der Waals surface area (Å²) in [4.78, 5) is 10.6. The highest BCUT2D eigenvalue weighted by Crippen LogP contribution is 2.28. The van der Waals surface area contributed by atoms with Crippen LogP contribution in [0.2, 0.25) is 0 Å². The molecule has 1 aliphatic heterocycles. The van der Waals surface area contributed by atoms with Gasteiger partial charge in [0.05, 0.1) is 18.0 Å². The summed E-state index contributed by atoms with van der Waals surface area (Å²) in [6, 6.07) is 25.0. The van der Waals surface area contributed by atoms with Crippen molar-refractivity contribution in [2.75, 3.05) is 26.2 Å². The SMILES string of the molecule is CC1CC[N+](Cc2ccc([N+](=O)[O-])cc2)(CC(O)COc2ccc(-c3ccccc3)cc2)CC1.[Cl-]. The largest absolute Gasteiger partial charge is 1.00 e. The van der Waals surface area contributed by atoms with Crippen LogP contribution < -0.4 is 17.1 Å². The summed E-state index contributed by atoms with van der Waals surface area (Å²) in [5.41, 5.74) is 3.45. The highest BCUT2D eigenvalue weighted by molar-refractivity contribution is 5.63. The van der Waals surface area contributed by atoms with Gasteiger partial charge >= 0.3 is 0 Å². The summed E-state index contributed by atoms with van der Waals surface area (Å²) < 4.78 is 6.70. The third kappa shape index (κ3) is 7.28. The molecule has 1 heterocycles. The molecule has 0 bridgehead atoms. The van der Waals surface area contributed by atoms with Gasteiger partial charge in [-0.2, -0.15) is 0 Å². The molecule has 1 unspecified atom stereocenters. The van der Waals surface area contributed by atoms with E-state index in [-0.39, 0.29) is 29.6 Å². The Hall–Kier alpha value is -2.93. The van der Waals surface area contributed by atoms with E-state index in [0.717, 1.165) is 59.4 Å². The number of ether oxygens (including phenoxy) is 1. The molecule has 0 saturated carbocycles. The molecular weight excluding hydrogens is 464 g/mol. The number of aliphatic hydroxyl groups is 1. The van der Waals surface area contributed by atoms with Crippen molar-refractivity contribution in [1.29, 1.82) is 0 Å². The van der Waals surface area contributed by atoms with Crippen molar-refractivity contribution in [2.24, 2.45) is 5.92 Å². The predicted molar refractivity (Wildman–Crippen MR) is 133 cm³/mol. The maximum atomic E-state index is 11.0. The minimum Gasteiger partial charge on any atom is -1.00 e. The highest BCUT2D eigenvalue weighted by Gasteiger charge is 2.35. The third-order valence-electron chi connectivity index (χ3n) is 6.86. The Bertz CT molecular complexity index is 1070. The van der Waals surface area contributed by atoms with Crippen LogP contribution in [0.1, 0.15) is 25.3 Å². The van der Waals surface area contributed by atoms with Crippen molar-refractivity contribution < 1.29 is 31.7 Å². The van der Waals surface area contributed by atoms with Crippen LogP contribution in [0.25, 0.3) is 11.1 Å². The Morgan fingerprint density at radius 2 is 1.57 bits per heavy atom. The Balaban J connectivity index is 0.00000342. The number of benzene rings is 3. The fourth-order valence-corrected chi connectivity index (χ4v) is 4.83. The van der Waals surface area contributed by atoms with Gasteiger partial charge in [0.25, 0.3) is 5.69 Å². The second-order valence-corrected chi connectivity index (χ2v) is 9.59. The number of nitrogens with zero attached hydrogens (tertiary/aromatic N) is 2. The van der Waals surface area contributed by atoms with Crippen LogP contribution in [0.3, 0.4) is 0 Å². The average molecular weight is 497 g/mol. The van der Waals surface area contributed by atoms with E-state index in [9.17, 15) is 15.2 Å². The van der Waals surface area contributed by atoms with Gasteiger partial charge in [0.1, 0.15) is 31.5 Å². The number of rotatable bonds is 9. The van der Waals surface area contributed by atoms with E-state index in [1.807, 2.05) is 54.6 Å². The molecule has 7 heteroatoms. The summed E-state index contributed by atoms with van der Waals surface area (Å²) in [5.74, 6) is 1.42. The molecule has 4 rings (SSSR count). The zero-order valence-electron chi connectivity index (χ0n) is 20.1. The molecule has 35 heavy (non-hydrogen) atoms. The van der Waals surface area contributed by atoms with Gasteiger partial charge in [-0.15, -0.1) is 0 Å². The minimum absolute atomic E-state index is 0. The molecule has 0 spiro atoms. The number of halogens is 1. The maximum absolute atomic E-state index is 11.0. The first-order valence-electron chi connectivity index (χ1n) is 12.0. The van der Waals surface area contributed by atoms with E-state index in [1.165, 1.54) is 0 Å². The Morgan fingerprint density at radius 3 is 2.17 bits per heavy atom. The monoisotopic (exact) mass is 496 g/mol. The summed E-state index contributed by atoms with van der Waals surface area (Å²) in [6.07, 6.45) is 1.63. The van der Waals surface area contributed by atoms with Gasteiger partial charge < -0.3 is 26.7 Å². The van der Waals surface area contributed by atoms with Gasteiger partial charge in [0, 0.05) is 17.7 Å². The maximum Gasteiger partial charge on any atom is 0.269 e. The van der Waals surface area contributed by atoms with Crippen LogP contribution in [-0.2, 0) is 6.54 Å². The summed E-state index contributed by atoms with van der Waals surface area (Å²) >= 11 is 0. The lowest BCUT2D eigenvalue weighted by atomic mass is 9.95. The van der Waals surface area contributed by atoms with E-state index < -0.39 is 6.10 Å². The molecule has 1 atom stereocenters. The van der Waals surface area contributed by atoms with Crippen LogP contribution >= 0.6 is 0 Å². The van der Waals surface area contributed by atoms with Crippen molar-refractivity contribution in [3.63, 3.8) is 0 Å². The first kappa shape index (κ1) is 26.7. The number of hydrogen-bond donors (Lipinski definition) is 1. The molecule has 1 N–H and O–H groups in total.